The van der Waals surface area contributed by atoms with Crippen molar-refractivity contribution >= 4 is 22.5 Å². The standard InChI is InChI=1S/C31H29FN6/c1-5-8-24(29-9-6-7-12-35-29)30-20(4)37-31(38-30)18(2)25-14-26(27(32)15-28(25)33)22-13-23(17-34-16-22)36-19(3)21-10-11-21/h5-9,12-17,21,36H,1-3,10-11,33H2,4H3,(H,37,38)/b24-8-. The first-order valence-electron chi connectivity index (χ1n) is 12.4. The first-order valence-corrected chi connectivity index (χ1v) is 12.4. The molecule has 0 saturated heterocycles. The molecule has 190 valence electrons. The second-order valence-electron chi connectivity index (χ2n) is 9.37. The summed E-state index contributed by atoms with van der Waals surface area (Å²) < 4.78 is 15.1. The Hall–Kier alpha value is -4.78. The van der Waals surface area contributed by atoms with Gasteiger partial charge >= 0.3 is 0 Å². The topological polar surface area (TPSA) is 92.5 Å². The molecule has 6 nitrogen and oxygen atoms in total. The van der Waals surface area contributed by atoms with E-state index in [0.29, 0.717) is 34.0 Å². The van der Waals surface area contributed by atoms with Crippen LogP contribution in [0, 0.1) is 18.7 Å². The highest BCUT2D eigenvalue weighted by Gasteiger charge is 2.25. The molecule has 1 fully saturated rings. The van der Waals surface area contributed by atoms with Gasteiger partial charge in [-0.2, -0.15) is 0 Å². The fourth-order valence-electron chi connectivity index (χ4n) is 4.36. The molecule has 1 aliphatic rings. The number of nitrogens with two attached hydrogens (primary N) is 1. The summed E-state index contributed by atoms with van der Waals surface area (Å²) in [7, 11) is 0. The molecule has 0 bridgehead atoms. The molecule has 4 N–H and O–H groups in total. The van der Waals surface area contributed by atoms with E-state index in [1.165, 1.54) is 6.07 Å². The number of aromatic nitrogens is 4. The maximum atomic E-state index is 15.1. The number of imidazole rings is 1. The molecule has 3 heterocycles. The number of aromatic amines is 1. The zero-order valence-corrected chi connectivity index (χ0v) is 21.3. The van der Waals surface area contributed by atoms with E-state index in [1.54, 1.807) is 30.7 Å². The molecule has 4 aromatic rings. The van der Waals surface area contributed by atoms with E-state index in [9.17, 15) is 0 Å². The van der Waals surface area contributed by atoms with Gasteiger partial charge in [0.05, 0.1) is 23.3 Å². The van der Waals surface area contributed by atoms with Crippen molar-refractivity contribution in [1.82, 2.24) is 19.9 Å². The molecule has 1 aromatic carbocycles. The van der Waals surface area contributed by atoms with Crippen molar-refractivity contribution in [3.63, 3.8) is 0 Å². The predicted octanol–water partition coefficient (Wildman–Crippen LogP) is 6.91. The number of pyridine rings is 2. The number of hydrogen-bond donors (Lipinski definition) is 3. The minimum absolute atomic E-state index is 0.266. The molecule has 0 spiro atoms. The van der Waals surface area contributed by atoms with Crippen molar-refractivity contribution in [2.24, 2.45) is 5.92 Å². The van der Waals surface area contributed by atoms with Crippen LogP contribution in [-0.2, 0) is 0 Å². The first-order chi connectivity index (χ1) is 18.4. The van der Waals surface area contributed by atoms with Gasteiger partial charge in [0.2, 0.25) is 0 Å². The van der Waals surface area contributed by atoms with Gasteiger partial charge in [0.15, 0.2) is 0 Å². The monoisotopic (exact) mass is 504 g/mol. The summed E-state index contributed by atoms with van der Waals surface area (Å²) in [5, 5.41) is 3.30. The van der Waals surface area contributed by atoms with Crippen molar-refractivity contribution in [3.05, 3.63) is 127 Å². The summed E-state index contributed by atoms with van der Waals surface area (Å²) in [5.74, 6) is 0.576. The molecule has 0 radical (unpaired) electrons. The number of benzene rings is 1. The van der Waals surface area contributed by atoms with E-state index in [4.69, 9.17) is 10.7 Å². The molecule has 0 amide bonds. The highest BCUT2D eigenvalue weighted by molar-refractivity contribution is 5.86. The van der Waals surface area contributed by atoms with Crippen LogP contribution >= 0.6 is 0 Å². The summed E-state index contributed by atoms with van der Waals surface area (Å²) >= 11 is 0. The number of aryl methyl sites for hydroxylation is 1. The summed E-state index contributed by atoms with van der Waals surface area (Å²) in [6, 6.07) is 10.6. The van der Waals surface area contributed by atoms with Gasteiger partial charge in [-0.05, 0) is 56.0 Å². The molecule has 0 atom stereocenters. The Morgan fingerprint density at radius 2 is 2.00 bits per heavy atom. The Kier molecular flexibility index (Phi) is 6.75. The predicted molar refractivity (Wildman–Crippen MR) is 153 cm³/mol. The van der Waals surface area contributed by atoms with E-state index in [0.717, 1.165) is 46.9 Å². The van der Waals surface area contributed by atoms with Gasteiger partial charge in [-0.15, -0.1) is 0 Å². The Labute approximate surface area is 221 Å². The normalized spacial score (nSPS) is 13.3. The van der Waals surface area contributed by atoms with Crippen LogP contribution in [-0.4, -0.2) is 19.9 Å². The van der Waals surface area contributed by atoms with Crippen molar-refractivity contribution in [2.45, 2.75) is 19.8 Å². The number of rotatable bonds is 9. The van der Waals surface area contributed by atoms with E-state index in [-0.39, 0.29) is 5.69 Å². The minimum Gasteiger partial charge on any atom is -0.398 e. The maximum absolute atomic E-state index is 15.1. The highest BCUT2D eigenvalue weighted by Crippen LogP contribution is 2.37. The van der Waals surface area contributed by atoms with Gasteiger partial charge in [-0.3, -0.25) is 9.97 Å². The van der Waals surface area contributed by atoms with Crippen molar-refractivity contribution < 1.29 is 4.39 Å². The van der Waals surface area contributed by atoms with Crippen LogP contribution in [0.15, 0.2) is 92.6 Å². The molecule has 7 heteroatoms. The first kappa shape index (κ1) is 24.9. The maximum Gasteiger partial charge on any atom is 0.138 e. The smallest absolute Gasteiger partial charge is 0.138 e. The molecular formula is C31H29FN6. The van der Waals surface area contributed by atoms with Gasteiger partial charge < -0.3 is 16.0 Å². The number of H-pyrrole nitrogens is 1. The number of nitrogen functional groups attached to an aromatic ring is 1. The van der Waals surface area contributed by atoms with Crippen molar-refractivity contribution in [2.75, 3.05) is 11.1 Å². The van der Waals surface area contributed by atoms with Crippen LogP contribution in [0.25, 0.3) is 22.3 Å². The SMILES string of the molecule is C=C/C=C(/c1ccccn1)c1nc(C(=C)c2cc(-c3cncc(NC(=C)C4CC4)c3)c(F)cc2N)[nH]c1C. The van der Waals surface area contributed by atoms with E-state index >= 15 is 4.39 Å². The number of hydrogen-bond acceptors (Lipinski definition) is 5. The Bertz CT molecular complexity index is 1580. The fraction of sp³-hybridized carbons (Fsp3) is 0.129. The minimum atomic E-state index is -0.443. The molecule has 5 rings (SSSR count). The number of nitrogens with one attached hydrogen (secondary N) is 2. The van der Waals surface area contributed by atoms with Crippen molar-refractivity contribution in [3.8, 4) is 11.1 Å². The number of nitrogens with zero attached hydrogens (tertiary/aromatic N) is 3. The summed E-state index contributed by atoms with van der Waals surface area (Å²) in [5.41, 5.74) is 13.5. The lowest BCUT2D eigenvalue weighted by Crippen LogP contribution is -2.01. The molecule has 0 aliphatic heterocycles. The highest BCUT2D eigenvalue weighted by atomic mass is 19.1. The molecule has 0 unspecified atom stereocenters. The van der Waals surface area contributed by atoms with E-state index in [1.807, 2.05) is 37.3 Å². The lowest BCUT2D eigenvalue weighted by atomic mass is 9.98. The summed E-state index contributed by atoms with van der Waals surface area (Å²) in [6.45, 7) is 14.1. The van der Waals surface area contributed by atoms with Crippen LogP contribution in [0.1, 0.15) is 41.3 Å². The van der Waals surface area contributed by atoms with Crippen LogP contribution in [0.5, 0.6) is 0 Å². The van der Waals surface area contributed by atoms with Crippen LogP contribution in [0.3, 0.4) is 0 Å². The average molecular weight is 505 g/mol. The Morgan fingerprint density at radius 3 is 2.71 bits per heavy atom. The third-order valence-electron chi connectivity index (χ3n) is 6.54. The van der Waals surface area contributed by atoms with Gasteiger partial charge in [0.1, 0.15) is 11.6 Å². The third-order valence-corrected chi connectivity index (χ3v) is 6.54. The number of allylic oxidation sites excluding steroid dienone is 3. The average Bonchev–Trinajstić information content (AvgIpc) is 3.70. The van der Waals surface area contributed by atoms with Gasteiger partial charge in [-0.1, -0.05) is 38.0 Å². The van der Waals surface area contributed by atoms with Crippen molar-refractivity contribution in [1.29, 1.82) is 0 Å². The van der Waals surface area contributed by atoms with Crippen LogP contribution in [0.4, 0.5) is 15.8 Å². The lowest BCUT2D eigenvalue weighted by Gasteiger charge is -2.13. The van der Waals surface area contributed by atoms with Gasteiger partial charge in [0.25, 0.3) is 0 Å². The second kappa shape index (κ2) is 10.3. The van der Waals surface area contributed by atoms with Crippen LogP contribution in [0.2, 0.25) is 0 Å². The Balaban J connectivity index is 1.49. The van der Waals surface area contributed by atoms with E-state index < -0.39 is 5.82 Å². The fourth-order valence-corrected chi connectivity index (χ4v) is 4.36. The zero-order valence-electron chi connectivity index (χ0n) is 21.3. The molecular weight excluding hydrogens is 475 g/mol. The number of halogens is 1. The van der Waals surface area contributed by atoms with Crippen LogP contribution < -0.4 is 11.1 Å². The molecule has 38 heavy (non-hydrogen) atoms. The Morgan fingerprint density at radius 1 is 1.18 bits per heavy atom. The largest absolute Gasteiger partial charge is 0.398 e. The van der Waals surface area contributed by atoms with E-state index in [2.05, 4.69) is 40.0 Å². The molecule has 1 saturated carbocycles. The number of anilines is 2. The summed E-state index contributed by atoms with van der Waals surface area (Å²) in [6.07, 6.45) is 10.9. The zero-order chi connectivity index (χ0) is 26.8. The van der Waals surface area contributed by atoms with Gasteiger partial charge in [0, 0.05) is 57.3 Å². The molecule has 1 aliphatic carbocycles. The quantitative estimate of drug-likeness (QED) is 0.170. The lowest BCUT2D eigenvalue weighted by molar-refractivity contribution is 0.632. The molecule has 3 aromatic heterocycles. The van der Waals surface area contributed by atoms with Gasteiger partial charge in [-0.25, -0.2) is 9.37 Å². The third kappa shape index (κ3) is 5.04. The second-order valence-corrected chi connectivity index (χ2v) is 9.37. The summed E-state index contributed by atoms with van der Waals surface area (Å²) in [4.78, 5) is 16.9.